The van der Waals surface area contributed by atoms with E-state index in [1.54, 1.807) is 12.1 Å². The van der Waals surface area contributed by atoms with Gasteiger partial charge < -0.3 is 15.2 Å². The van der Waals surface area contributed by atoms with Gasteiger partial charge in [0.15, 0.2) is 0 Å². The van der Waals surface area contributed by atoms with E-state index >= 15 is 0 Å². The van der Waals surface area contributed by atoms with Crippen LogP contribution in [0.4, 0.5) is 10.2 Å². The first kappa shape index (κ1) is 21.3. The molecule has 30 heavy (non-hydrogen) atoms. The van der Waals surface area contributed by atoms with Crippen molar-refractivity contribution in [3.05, 3.63) is 88.4 Å². The summed E-state index contributed by atoms with van der Waals surface area (Å²) in [5, 5.41) is 15.7. The molecule has 5 nitrogen and oxygen atoms in total. The number of rotatable bonds is 7. The van der Waals surface area contributed by atoms with Crippen LogP contribution in [-0.4, -0.2) is 17.0 Å². The molecule has 0 aliphatic heterocycles. The normalized spacial score (nSPS) is 11.7. The van der Waals surface area contributed by atoms with E-state index in [9.17, 15) is 14.4 Å². The zero-order chi connectivity index (χ0) is 21.7. The molecule has 0 saturated carbocycles. The molecular formula is C24H25FN4O. The highest BCUT2D eigenvalue weighted by Crippen LogP contribution is 2.27. The van der Waals surface area contributed by atoms with Crippen LogP contribution in [0.15, 0.2) is 54.6 Å². The lowest BCUT2D eigenvalue weighted by atomic mass is 10.1. The predicted octanol–water partition coefficient (Wildman–Crippen LogP) is 4.45. The van der Waals surface area contributed by atoms with Crippen molar-refractivity contribution in [2.24, 2.45) is 0 Å². The second kappa shape index (κ2) is 9.38. The molecule has 6 heteroatoms. The largest absolute Gasteiger partial charge is 0.326 e. The number of nitrogens with zero attached hydrogens (tertiary/aromatic N) is 2. The number of nitriles is 1. The molecule has 0 aliphatic rings. The average molecular weight is 404 g/mol. The van der Waals surface area contributed by atoms with Gasteiger partial charge in [-0.05, 0) is 49.6 Å². The minimum Gasteiger partial charge on any atom is -0.326 e. The summed E-state index contributed by atoms with van der Waals surface area (Å²) in [5.74, 6) is -0.0628. The van der Waals surface area contributed by atoms with Crippen LogP contribution >= 0.6 is 0 Å². The molecule has 0 bridgehead atoms. The zero-order valence-electron chi connectivity index (χ0n) is 17.4. The summed E-state index contributed by atoms with van der Waals surface area (Å²) in [5.41, 5.74) is 4.12. The van der Waals surface area contributed by atoms with Crippen LogP contribution in [0.1, 0.15) is 40.9 Å². The summed E-state index contributed by atoms with van der Waals surface area (Å²) in [6, 6.07) is 18.3. The quantitative estimate of drug-likeness (QED) is 0.611. The van der Waals surface area contributed by atoms with Gasteiger partial charge in [0.1, 0.15) is 17.7 Å². The lowest BCUT2D eigenvalue weighted by molar-refractivity contribution is -0.115. The number of benzene rings is 2. The fourth-order valence-corrected chi connectivity index (χ4v) is 3.38. The van der Waals surface area contributed by atoms with Gasteiger partial charge in [-0.2, -0.15) is 5.26 Å². The number of halogens is 1. The van der Waals surface area contributed by atoms with Crippen molar-refractivity contribution in [1.82, 2.24) is 9.88 Å². The van der Waals surface area contributed by atoms with Crippen molar-refractivity contribution in [3.63, 3.8) is 0 Å². The van der Waals surface area contributed by atoms with Gasteiger partial charge in [-0.25, -0.2) is 4.39 Å². The third-order valence-electron chi connectivity index (χ3n) is 5.32. The van der Waals surface area contributed by atoms with Crippen LogP contribution in [0.2, 0.25) is 0 Å². The number of anilines is 1. The number of hydrogen-bond donors (Lipinski definition) is 2. The molecular weight excluding hydrogens is 379 g/mol. The van der Waals surface area contributed by atoms with Crippen molar-refractivity contribution in [2.45, 2.75) is 33.4 Å². The van der Waals surface area contributed by atoms with Gasteiger partial charge in [0.25, 0.3) is 0 Å². The first-order chi connectivity index (χ1) is 14.4. The third-order valence-corrected chi connectivity index (χ3v) is 5.32. The van der Waals surface area contributed by atoms with Gasteiger partial charge in [0.2, 0.25) is 5.91 Å². The topological polar surface area (TPSA) is 69.8 Å². The Balaban J connectivity index is 1.77. The van der Waals surface area contributed by atoms with Crippen molar-refractivity contribution in [1.29, 1.82) is 5.26 Å². The van der Waals surface area contributed by atoms with E-state index in [-0.39, 0.29) is 24.3 Å². The lowest BCUT2D eigenvalue weighted by Crippen LogP contribution is -2.31. The van der Waals surface area contributed by atoms with E-state index in [4.69, 9.17) is 0 Å². The SMILES string of the molecule is Cc1c(C#N)c(NC(=O)CNC(C)c2ccccc2)n(Cc2ccc(F)cc2)c1C. The molecule has 1 atom stereocenters. The van der Waals surface area contributed by atoms with E-state index in [0.717, 1.165) is 22.4 Å². The molecule has 1 heterocycles. The highest BCUT2D eigenvalue weighted by Gasteiger charge is 2.20. The minimum absolute atomic E-state index is 0.0156. The van der Waals surface area contributed by atoms with Crippen molar-refractivity contribution < 1.29 is 9.18 Å². The molecule has 154 valence electrons. The van der Waals surface area contributed by atoms with Gasteiger partial charge in [-0.1, -0.05) is 42.5 Å². The standard InChI is InChI=1S/C24H25FN4O/c1-16-18(3)29(15-19-9-11-21(25)12-10-19)24(22(16)13-26)28-23(30)14-27-17(2)20-7-5-4-6-8-20/h4-12,17,27H,14-15H2,1-3H3,(H,28,30). The number of hydrogen-bond acceptors (Lipinski definition) is 3. The molecule has 1 aromatic heterocycles. The number of nitrogens with one attached hydrogen (secondary N) is 2. The smallest absolute Gasteiger partial charge is 0.239 e. The highest BCUT2D eigenvalue weighted by molar-refractivity contribution is 5.93. The summed E-state index contributed by atoms with van der Waals surface area (Å²) in [6.45, 7) is 6.30. The second-order valence-electron chi connectivity index (χ2n) is 7.32. The molecule has 0 radical (unpaired) electrons. The van der Waals surface area contributed by atoms with Gasteiger partial charge in [-0.15, -0.1) is 0 Å². The third kappa shape index (κ3) is 4.76. The summed E-state index contributed by atoms with van der Waals surface area (Å²) < 4.78 is 15.1. The first-order valence-corrected chi connectivity index (χ1v) is 9.83. The van der Waals surface area contributed by atoms with E-state index in [2.05, 4.69) is 16.7 Å². The van der Waals surface area contributed by atoms with E-state index in [0.29, 0.717) is 17.9 Å². The van der Waals surface area contributed by atoms with Crippen molar-refractivity contribution in [3.8, 4) is 6.07 Å². The van der Waals surface area contributed by atoms with Gasteiger partial charge in [0.05, 0.1) is 12.1 Å². The molecule has 3 aromatic rings. The Morgan fingerprint density at radius 3 is 2.43 bits per heavy atom. The van der Waals surface area contributed by atoms with E-state index in [1.807, 2.05) is 55.7 Å². The van der Waals surface area contributed by atoms with Gasteiger partial charge in [-0.3, -0.25) is 4.79 Å². The maximum atomic E-state index is 13.2. The summed E-state index contributed by atoms with van der Waals surface area (Å²) in [4.78, 5) is 12.6. The molecule has 0 saturated heterocycles. The Morgan fingerprint density at radius 2 is 1.80 bits per heavy atom. The van der Waals surface area contributed by atoms with Crippen LogP contribution in [0.3, 0.4) is 0 Å². The van der Waals surface area contributed by atoms with Crippen molar-refractivity contribution in [2.75, 3.05) is 11.9 Å². The number of carbonyl (C=O) groups is 1. The number of aromatic nitrogens is 1. The van der Waals surface area contributed by atoms with Crippen LogP contribution in [0.5, 0.6) is 0 Å². The monoisotopic (exact) mass is 404 g/mol. The van der Waals surface area contributed by atoms with Gasteiger partial charge in [0, 0.05) is 18.3 Å². The Labute approximate surface area is 176 Å². The van der Waals surface area contributed by atoms with Crippen LogP contribution in [-0.2, 0) is 11.3 Å². The van der Waals surface area contributed by atoms with E-state index in [1.165, 1.54) is 12.1 Å². The average Bonchev–Trinajstić information content (AvgIpc) is 2.97. The highest BCUT2D eigenvalue weighted by atomic mass is 19.1. The predicted molar refractivity (Wildman–Crippen MR) is 116 cm³/mol. The molecule has 1 unspecified atom stereocenters. The fourth-order valence-electron chi connectivity index (χ4n) is 3.38. The molecule has 2 N–H and O–H groups in total. The Hall–Kier alpha value is -3.43. The minimum atomic E-state index is -0.302. The van der Waals surface area contributed by atoms with Crippen LogP contribution in [0, 0.1) is 31.0 Å². The summed E-state index contributed by atoms with van der Waals surface area (Å²) >= 11 is 0. The van der Waals surface area contributed by atoms with E-state index < -0.39 is 0 Å². The molecule has 0 fully saturated rings. The van der Waals surface area contributed by atoms with Crippen molar-refractivity contribution >= 4 is 11.7 Å². The van der Waals surface area contributed by atoms with Crippen LogP contribution < -0.4 is 10.6 Å². The van der Waals surface area contributed by atoms with Gasteiger partial charge >= 0.3 is 0 Å². The summed E-state index contributed by atoms with van der Waals surface area (Å²) in [7, 11) is 0. The second-order valence-corrected chi connectivity index (χ2v) is 7.32. The number of carbonyl (C=O) groups excluding carboxylic acids is 1. The Bertz CT molecular complexity index is 1070. The summed E-state index contributed by atoms with van der Waals surface area (Å²) in [6.07, 6.45) is 0. The molecule has 1 amide bonds. The maximum Gasteiger partial charge on any atom is 0.239 e. The fraction of sp³-hybridized carbons (Fsp3) is 0.250. The first-order valence-electron chi connectivity index (χ1n) is 9.83. The lowest BCUT2D eigenvalue weighted by Gasteiger charge is -2.16. The number of amides is 1. The van der Waals surface area contributed by atoms with Crippen LogP contribution in [0.25, 0.3) is 0 Å². The zero-order valence-corrected chi connectivity index (χ0v) is 17.4. The Kier molecular flexibility index (Phi) is 6.65. The Morgan fingerprint density at radius 1 is 1.13 bits per heavy atom. The maximum absolute atomic E-state index is 13.2. The molecule has 3 rings (SSSR count). The molecule has 2 aromatic carbocycles. The molecule has 0 aliphatic carbocycles. The molecule has 0 spiro atoms.